The Morgan fingerprint density at radius 2 is 1.24 bits per heavy atom. The van der Waals surface area contributed by atoms with Crippen LogP contribution in [0.4, 0.5) is 11.4 Å². The summed E-state index contributed by atoms with van der Waals surface area (Å²) in [6.07, 6.45) is 0. The van der Waals surface area contributed by atoms with Crippen molar-refractivity contribution in [2.24, 2.45) is 0 Å². The standard InChI is InChI=1S/C30H20BNS/c1-2-10-21(11-3-1)31-27-15-7-4-12-23(27)24-13-5-8-16-28(24)32(31)22-18-19-30-26(20-22)25-14-6-9-17-29(25)33-30/h1-20H. The van der Waals surface area contributed by atoms with E-state index in [1.54, 1.807) is 0 Å². The third-order valence-corrected chi connectivity index (χ3v) is 7.87. The van der Waals surface area contributed by atoms with Crippen molar-refractivity contribution in [1.29, 1.82) is 0 Å². The van der Waals surface area contributed by atoms with Gasteiger partial charge in [-0.2, -0.15) is 0 Å². The molecule has 0 unspecified atom stereocenters. The minimum absolute atomic E-state index is 0.111. The summed E-state index contributed by atoms with van der Waals surface area (Å²) < 4.78 is 2.68. The summed E-state index contributed by atoms with van der Waals surface area (Å²) in [6, 6.07) is 44.3. The highest BCUT2D eigenvalue weighted by Gasteiger charge is 2.36. The Morgan fingerprint density at radius 3 is 2.15 bits per heavy atom. The van der Waals surface area contributed by atoms with Crippen molar-refractivity contribution in [3.8, 4) is 11.1 Å². The van der Waals surface area contributed by atoms with Crippen LogP contribution in [0.2, 0.25) is 0 Å². The molecular formula is C30H20BNS. The van der Waals surface area contributed by atoms with Crippen molar-refractivity contribution >= 4 is 60.7 Å². The molecule has 7 rings (SSSR count). The van der Waals surface area contributed by atoms with E-state index in [4.69, 9.17) is 0 Å². The van der Waals surface area contributed by atoms with Crippen LogP contribution in [-0.2, 0) is 0 Å². The van der Waals surface area contributed by atoms with Gasteiger partial charge in [0.15, 0.2) is 0 Å². The van der Waals surface area contributed by atoms with E-state index in [1.165, 1.54) is 53.6 Å². The fourth-order valence-corrected chi connectivity index (χ4v) is 6.37. The molecule has 0 aliphatic carbocycles. The quantitative estimate of drug-likeness (QED) is 0.264. The second-order valence-electron chi connectivity index (χ2n) is 8.57. The van der Waals surface area contributed by atoms with Crippen LogP contribution in [0.25, 0.3) is 31.3 Å². The minimum Gasteiger partial charge on any atom is -0.376 e. The van der Waals surface area contributed by atoms with Crippen molar-refractivity contribution in [2.75, 3.05) is 4.81 Å². The zero-order chi connectivity index (χ0) is 21.8. The van der Waals surface area contributed by atoms with Crippen LogP contribution < -0.4 is 15.7 Å². The lowest BCUT2D eigenvalue weighted by atomic mass is 9.46. The van der Waals surface area contributed by atoms with Crippen LogP contribution in [0.15, 0.2) is 121 Å². The number of nitrogens with zero attached hydrogens (tertiary/aromatic N) is 1. The van der Waals surface area contributed by atoms with E-state index in [-0.39, 0.29) is 6.85 Å². The van der Waals surface area contributed by atoms with Gasteiger partial charge in [0.25, 0.3) is 0 Å². The molecule has 5 aromatic carbocycles. The smallest absolute Gasteiger partial charge is 0.328 e. The molecule has 154 valence electrons. The molecule has 0 spiro atoms. The lowest BCUT2D eigenvalue weighted by Crippen LogP contribution is -2.57. The number of fused-ring (bicyclic) bond motifs is 6. The van der Waals surface area contributed by atoms with Crippen molar-refractivity contribution < 1.29 is 0 Å². The number of para-hydroxylation sites is 1. The largest absolute Gasteiger partial charge is 0.376 e. The first-order valence-electron chi connectivity index (χ1n) is 11.3. The fraction of sp³-hybridized carbons (Fsp3) is 0. The molecule has 0 atom stereocenters. The maximum Gasteiger partial charge on any atom is 0.328 e. The van der Waals surface area contributed by atoms with Crippen LogP contribution in [0.3, 0.4) is 0 Å². The first-order valence-corrected chi connectivity index (χ1v) is 12.1. The SMILES string of the molecule is c1ccc(B2c3ccccc3-c3ccccc3N2c2ccc3sc4ccccc4c3c2)cc1. The summed E-state index contributed by atoms with van der Waals surface area (Å²) in [5.41, 5.74) is 7.73. The predicted molar refractivity (Wildman–Crippen MR) is 145 cm³/mol. The summed E-state index contributed by atoms with van der Waals surface area (Å²) in [5.74, 6) is 0. The topological polar surface area (TPSA) is 3.24 Å². The van der Waals surface area contributed by atoms with E-state index in [2.05, 4.69) is 126 Å². The van der Waals surface area contributed by atoms with Gasteiger partial charge in [-0.3, -0.25) is 0 Å². The van der Waals surface area contributed by atoms with E-state index in [1.807, 2.05) is 11.3 Å². The van der Waals surface area contributed by atoms with Gasteiger partial charge in [-0.05, 0) is 41.4 Å². The number of benzene rings is 5. The highest BCUT2D eigenvalue weighted by molar-refractivity contribution is 7.25. The van der Waals surface area contributed by atoms with Crippen LogP contribution in [0, 0.1) is 0 Å². The second kappa shape index (κ2) is 7.36. The normalized spacial score (nSPS) is 12.7. The van der Waals surface area contributed by atoms with Gasteiger partial charge in [0, 0.05) is 37.1 Å². The Labute approximate surface area is 197 Å². The summed E-state index contributed by atoms with van der Waals surface area (Å²) in [5, 5.41) is 2.66. The Balaban J connectivity index is 1.53. The lowest BCUT2D eigenvalue weighted by Gasteiger charge is -2.39. The molecule has 1 nitrogen and oxygen atoms in total. The third kappa shape index (κ3) is 2.86. The third-order valence-electron chi connectivity index (χ3n) is 6.72. The van der Waals surface area contributed by atoms with Gasteiger partial charge in [0.1, 0.15) is 0 Å². The van der Waals surface area contributed by atoms with E-state index in [0.29, 0.717) is 0 Å². The van der Waals surface area contributed by atoms with E-state index in [0.717, 1.165) is 0 Å². The van der Waals surface area contributed by atoms with Crippen molar-refractivity contribution in [1.82, 2.24) is 0 Å². The molecule has 0 amide bonds. The summed E-state index contributed by atoms with van der Waals surface area (Å²) in [4.78, 5) is 2.53. The van der Waals surface area contributed by atoms with Crippen molar-refractivity contribution in [3.63, 3.8) is 0 Å². The molecule has 0 bridgehead atoms. The molecule has 0 saturated carbocycles. The van der Waals surface area contributed by atoms with Crippen molar-refractivity contribution in [3.05, 3.63) is 121 Å². The molecular weight excluding hydrogens is 417 g/mol. The summed E-state index contributed by atoms with van der Waals surface area (Å²) >= 11 is 1.87. The van der Waals surface area contributed by atoms with E-state index in [9.17, 15) is 0 Å². The molecule has 0 radical (unpaired) electrons. The molecule has 3 heteroatoms. The molecule has 1 aliphatic rings. The zero-order valence-electron chi connectivity index (χ0n) is 18.0. The number of anilines is 2. The summed E-state index contributed by atoms with van der Waals surface area (Å²) in [6.45, 7) is 0.111. The Hall–Kier alpha value is -3.82. The zero-order valence-corrected chi connectivity index (χ0v) is 18.8. The number of thiophene rings is 1. The lowest BCUT2D eigenvalue weighted by molar-refractivity contribution is 1.37. The van der Waals surface area contributed by atoms with Gasteiger partial charge in [-0.25, -0.2) is 0 Å². The first-order chi connectivity index (χ1) is 16.4. The van der Waals surface area contributed by atoms with E-state index < -0.39 is 0 Å². The van der Waals surface area contributed by atoms with Crippen LogP contribution >= 0.6 is 11.3 Å². The monoisotopic (exact) mass is 437 g/mol. The molecule has 33 heavy (non-hydrogen) atoms. The summed E-state index contributed by atoms with van der Waals surface area (Å²) in [7, 11) is 0. The predicted octanol–water partition coefficient (Wildman–Crippen LogP) is 6.98. The molecule has 0 N–H and O–H groups in total. The van der Waals surface area contributed by atoms with Crippen LogP contribution in [-0.4, -0.2) is 6.85 Å². The average molecular weight is 437 g/mol. The highest BCUT2D eigenvalue weighted by atomic mass is 32.1. The van der Waals surface area contributed by atoms with Gasteiger partial charge in [0.2, 0.25) is 0 Å². The van der Waals surface area contributed by atoms with Gasteiger partial charge < -0.3 is 4.81 Å². The van der Waals surface area contributed by atoms with Crippen LogP contribution in [0.1, 0.15) is 0 Å². The minimum atomic E-state index is 0.111. The molecule has 0 fully saturated rings. The Kier molecular flexibility index (Phi) is 4.18. The Bertz CT molecular complexity index is 1640. The molecule has 1 aromatic heterocycles. The maximum atomic E-state index is 2.53. The van der Waals surface area contributed by atoms with Crippen LogP contribution in [0.5, 0.6) is 0 Å². The average Bonchev–Trinajstić information content (AvgIpc) is 3.26. The van der Waals surface area contributed by atoms with E-state index >= 15 is 0 Å². The van der Waals surface area contributed by atoms with Gasteiger partial charge in [0.05, 0.1) is 0 Å². The molecule has 6 aromatic rings. The highest BCUT2D eigenvalue weighted by Crippen LogP contribution is 2.42. The number of hydrogen-bond donors (Lipinski definition) is 0. The molecule has 0 saturated heterocycles. The molecule has 1 aliphatic heterocycles. The molecule has 2 heterocycles. The first kappa shape index (κ1) is 18.7. The maximum absolute atomic E-state index is 2.53. The van der Waals surface area contributed by atoms with Gasteiger partial charge >= 0.3 is 6.85 Å². The van der Waals surface area contributed by atoms with Crippen molar-refractivity contribution in [2.45, 2.75) is 0 Å². The second-order valence-corrected chi connectivity index (χ2v) is 9.65. The number of rotatable bonds is 2. The fourth-order valence-electron chi connectivity index (χ4n) is 5.29. The Morgan fingerprint density at radius 1 is 0.545 bits per heavy atom. The van der Waals surface area contributed by atoms with Gasteiger partial charge in [-0.1, -0.05) is 96.5 Å². The number of hydrogen-bond acceptors (Lipinski definition) is 2. The van der Waals surface area contributed by atoms with Gasteiger partial charge in [-0.15, -0.1) is 11.3 Å².